The lowest BCUT2D eigenvalue weighted by Crippen LogP contribution is -2.34. The van der Waals surface area contributed by atoms with Crippen molar-refractivity contribution in [1.29, 1.82) is 5.26 Å². The summed E-state index contributed by atoms with van der Waals surface area (Å²) in [6.45, 7) is 4.67. The van der Waals surface area contributed by atoms with Crippen LogP contribution in [0.25, 0.3) is 0 Å². The molecular formula is C17H25N3. The standard InChI is InChI=1S/C17H25N3/c1-2-20-16-9-5-4-8-15(16)12-19-14-17(13-18)10-6-3-7-11-17/h4-5,8-9,19-20H,2-3,6-7,10-12,14H2,1H3. The van der Waals surface area contributed by atoms with E-state index >= 15 is 0 Å². The van der Waals surface area contributed by atoms with Gasteiger partial charge in [0.2, 0.25) is 0 Å². The molecule has 3 nitrogen and oxygen atoms in total. The zero-order chi connectivity index (χ0) is 14.3. The maximum Gasteiger partial charge on any atom is 0.0703 e. The number of anilines is 1. The van der Waals surface area contributed by atoms with E-state index in [1.807, 2.05) is 0 Å². The Morgan fingerprint density at radius 1 is 1.20 bits per heavy atom. The molecule has 0 unspecified atom stereocenters. The second-order valence-corrected chi connectivity index (χ2v) is 5.74. The molecule has 0 atom stereocenters. The van der Waals surface area contributed by atoms with Crippen LogP contribution in [-0.4, -0.2) is 13.1 Å². The van der Waals surface area contributed by atoms with E-state index in [0.29, 0.717) is 0 Å². The van der Waals surface area contributed by atoms with Crippen molar-refractivity contribution in [2.75, 3.05) is 18.4 Å². The highest BCUT2D eigenvalue weighted by atomic mass is 14.9. The Kier molecular flexibility index (Phi) is 5.43. The van der Waals surface area contributed by atoms with Crippen LogP contribution in [0.1, 0.15) is 44.6 Å². The van der Waals surface area contributed by atoms with Gasteiger partial charge in [0.25, 0.3) is 0 Å². The summed E-state index contributed by atoms with van der Waals surface area (Å²) in [6, 6.07) is 10.9. The summed E-state index contributed by atoms with van der Waals surface area (Å²) in [6.07, 6.45) is 5.77. The van der Waals surface area contributed by atoms with Crippen LogP contribution in [0, 0.1) is 16.7 Å². The molecule has 1 aromatic carbocycles. The van der Waals surface area contributed by atoms with Crippen molar-refractivity contribution in [3.8, 4) is 6.07 Å². The monoisotopic (exact) mass is 271 g/mol. The summed E-state index contributed by atoms with van der Waals surface area (Å²) in [7, 11) is 0. The minimum atomic E-state index is -0.134. The van der Waals surface area contributed by atoms with Crippen LogP contribution in [0.4, 0.5) is 5.69 Å². The molecule has 0 heterocycles. The van der Waals surface area contributed by atoms with E-state index in [2.05, 4.69) is 47.9 Å². The SMILES string of the molecule is CCNc1ccccc1CNCC1(C#N)CCCCC1. The zero-order valence-corrected chi connectivity index (χ0v) is 12.4. The van der Waals surface area contributed by atoms with Crippen molar-refractivity contribution in [1.82, 2.24) is 5.32 Å². The molecule has 0 spiro atoms. The molecule has 0 saturated heterocycles. The normalized spacial score (nSPS) is 17.4. The maximum atomic E-state index is 9.48. The number of nitrogens with one attached hydrogen (secondary N) is 2. The first-order valence-corrected chi connectivity index (χ1v) is 7.73. The molecule has 1 fully saturated rings. The molecule has 0 amide bonds. The van der Waals surface area contributed by atoms with Gasteiger partial charge in [-0.2, -0.15) is 5.26 Å². The van der Waals surface area contributed by atoms with E-state index < -0.39 is 0 Å². The number of hydrogen-bond donors (Lipinski definition) is 2. The topological polar surface area (TPSA) is 47.8 Å². The molecule has 0 aliphatic heterocycles. The molecule has 1 aliphatic rings. The number of rotatable bonds is 6. The highest BCUT2D eigenvalue weighted by molar-refractivity contribution is 5.50. The molecule has 1 aromatic rings. The highest BCUT2D eigenvalue weighted by Gasteiger charge is 2.31. The summed E-state index contributed by atoms with van der Waals surface area (Å²) >= 11 is 0. The van der Waals surface area contributed by atoms with E-state index in [4.69, 9.17) is 0 Å². The fourth-order valence-corrected chi connectivity index (χ4v) is 3.03. The van der Waals surface area contributed by atoms with Crippen LogP contribution in [0.5, 0.6) is 0 Å². The molecule has 0 aromatic heterocycles. The van der Waals surface area contributed by atoms with E-state index in [1.54, 1.807) is 0 Å². The van der Waals surface area contributed by atoms with E-state index in [9.17, 15) is 5.26 Å². The van der Waals surface area contributed by atoms with E-state index in [-0.39, 0.29) is 5.41 Å². The molecule has 2 N–H and O–H groups in total. The van der Waals surface area contributed by atoms with E-state index in [0.717, 1.165) is 32.5 Å². The van der Waals surface area contributed by atoms with Crippen molar-refractivity contribution in [3.63, 3.8) is 0 Å². The van der Waals surface area contributed by atoms with Gasteiger partial charge in [-0.1, -0.05) is 37.5 Å². The van der Waals surface area contributed by atoms with Crippen LogP contribution in [-0.2, 0) is 6.54 Å². The second-order valence-electron chi connectivity index (χ2n) is 5.74. The van der Waals surface area contributed by atoms with Gasteiger partial charge >= 0.3 is 0 Å². The van der Waals surface area contributed by atoms with E-state index in [1.165, 1.54) is 30.5 Å². The molecule has 0 bridgehead atoms. The average Bonchev–Trinajstić information content (AvgIpc) is 2.50. The van der Waals surface area contributed by atoms with Crippen LogP contribution in [0.2, 0.25) is 0 Å². The van der Waals surface area contributed by atoms with Gasteiger partial charge in [0.05, 0.1) is 11.5 Å². The first kappa shape index (κ1) is 14.9. The van der Waals surface area contributed by atoms with Gasteiger partial charge in [0.15, 0.2) is 0 Å². The highest BCUT2D eigenvalue weighted by Crippen LogP contribution is 2.35. The zero-order valence-electron chi connectivity index (χ0n) is 12.4. The average molecular weight is 271 g/mol. The van der Waals surface area contributed by atoms with Crippen LogP contribution in [0.3, 0.4) is 0 Å². The van der Waals surface area contributed by atoms with Gasteiger partial charge in [-0.3, -0.25) is 0 Å². The van der Waals surface area contributed by atoms with Gasteiger partial charge in [-0.25, -0.2) is 0 Å². The molecular weight excluding hydrogens is 246 g/mol. The lowest BCUT2D eigenvalue weighted by atomic mass is 9.75. The van der Waals surface area contributed by atoms with Gasteiger partial charge < -0.3 is 10.6 Å². The molecule has 20 heavy (non-hydrogen) atoms. The Morgan fingerprint density at radius 3 is 2.65 bits per heavy atom. The first-order chi connectivity index (χ1) is 9.79. The van der Waals surface area contributed by atoms with Gasteiger partial charge in [0.1, 0.15) is 0 Å². The fraction of sp³-hybridized carbons (Fsp3) is 0.588. The van der Waals surface area contributed by atoms with Gasteiger partial charge in [0, 0.05) is 25.3 Å². The maximum absolute atomic E-state index is 9.48. The Hall–Kier alpha value is -1.53. The van der Waals surface area contributed by atoms with Crippen LogP contribution in [0.15, 0.2) is 24.3 Å². The van der Waals surface area contributed by atoms with Gasteiger partial charge in [-0.05, 0) is 31.4 Å². The summed E-state index contributed by atoms with van der Waals surface area (Å²) in [5.74, 6) is 0. The quantitative estimate of drug-likeness (QED) is 0.829. The first-order valence-electron chi connectivity index (χ1n) is 7.73. The third-order valence-electron chi connectivity index (χ3n) is 4.21. The number of para-hydroxylation sites is 1. The lowest BCUT2D eigenvalue weighted by Gasteiger charge is -2.30. The molecule has 3 heteroatoms. The third kappa shape index (κ3) is 3.74. The number of nitrogens with zero attached hydrogens (tertiary/aromatic N) is 1. The lowest BCUT2D eigenvalue weighted by molar-refractivity contribution is 0.256. The van der Waals surface area contributed by atoms with Crippen LogP contribution >= 0.6 is 0 Å². The molecule has 1 saturated carbocycles. The predicted octanol–water partition coefficient (Wildman–Crippen LogP) is 3.68. The predicted molar refractivity (Wildman–Crippen MR) is 83.4 cm³/mol. The minimum Gasteiger partial charge on any atom is -0.385 e. The minimum absolute atomic E-state index is 0.134. The second kappa shape index (κ2) is 7.31. The Labute approximate surface area is 122 Å². The van der Waals surface area contributed by atoms with Crippen molar-refractivity contribution < 1.29 is 0 Å². The summed E-state index contributed by atoms with van der Waals surface area (Å²) in [5.41, 5.74) is 2.33. The summed E-state index contributed by atoms with van der Waals surface area (Å²) in [4.78, 5) is 0. The van der Waals surface area contributed by atoms with Crippen molar-refractivity contribution in [2.24, 2.45) is 5.41 Å². The summed E-state index contributed by atoms with van der Waals surface area (Å²) < 4.78 is 0. The fourth-order valence-electron chi connectivity index (χ4n) is 3.03. The number of hydrogen-bond acceptors (Lipinski definition) is 3. The molecule has 2 rings (SSSR count). The summed E-state index contributed by atoms with van der Waals surface area (Å²) in [5, 5.41) is 16.4. The Balaban J connectivity index is 1.90. The van der Waals surface area contributed by atoms with Crippen molar-refractivity contribution in [3.05, 3.63) is 29.8 Å². The van der Waals surface area contributed by atoms with Gasteiger partial charge in [-0.15, -0.1) is 0 Å². The molecule has 0 radical (unpaired) electrons. The number of benzene rings is 1. The Bertz CT molecular complexity index is 456. The Morgan fingerprint density at radius 2 is 1.95 bits per heavy atom. The molecule has 108 valence electrons. The third-order valence-corrected chi connectivity index (χ3v) is 4.21. The van der Waals surface area contributed by atoms with Crippen molar-refractivity contribution >= 4 is 5.69 Å². The molecule has 1 aliphatic carbocycles. The smallest absolute Gasteiger partial charge is 0.0703 e. The van der Waals surface area contributed by atoms with Crippen LogP contribution < -0.4 is 10.6 Å². The largest absolute Gasteiger partial charge is 0.385 e. The number of nitriles is 1. The van der Waals surface area contributed by atoms with Crippen molar-refractivity contribution in [2.45, 2.75) is 45.6 Å².